The molecule has 20 heavy (non-hydrogen) atoms. The van der Waals surface area contributed by atoms with Gasteiger partial charge in [-0.3, -0.25) is 20.0 Å². The fraction of sp³-hybridized carbons (Fsp3) is 0.231. The summed E-state index contributed by atoms with van der Waals surface area (Å²) in [6, 6.07) is 5.68. The van der Waals surface area contributed by atoms with Gasteiger partial charge in [0.05, 0.1) is 16.2 Å². The number of H-pyrrole nitrogens is 1. The van der Waals surface area contributed by atoms with Crippen molar-refractivity contribution in [2.24, 2.45) is 0 Å². The van der Waals surface area contributed by atoms with Crippen LogP contribution in [-0.2, 0) is 6.42 Å². The number of nitro groups is 1. The molecule has 0 saturated heterocycles. The first-order valence-corrected chi connectivity index (χ1v) is 6.17. The average molecular weight is 274 g/mol. The van der Waals surface area contributed by atoms with Crippen molar-refractivity contribution in [3.63, 3.8) is 0 Å². The molecule has 0 spiro atoms. The lowest BCUT2D eigenvalue weighted by atomic mass is 10.2. The fourth-order valence-electron chi connectivity index (χ4n) is 1.99. The van der Waals surface area contributed by atoms with Crippen molar-refractivity contribution >= 4 is 11.9 Å². The van der Waals surface area contributed by atoms with Crippen LogP contribution < -0.4 is 5.56 Å². The minimum Gasteiger partial charge on any atom is -0.308 e. The lowest BCUT2D eigenvalue weighted by Crippen LogP contribution is -2.17. The Hall–Kier alpha value is -2.70. The van der Waals surface area contributed by atoms with Crippen LogP contribution in [0.3, 0.4) is 0 Å². The predicted molar refractivity (Wildman–Crippen MR) is 74.9 cm³/mol. The molecule has 0 aliphatic rings. The SMILES string of the molecule is CCCc1[nH]n(-c2ccc([N+](=O)[O-])cc2)c(=O)c1C=N. The average Bonchev–Trinajstić information content (AvgIpc) is 2.75. The van der Waals surface area contributed by atoms with Gasteiger partial charge < -0.3 is 5.41 Å². The Morgan fingerprint density at radius 3 is 2.55 bits per heavy atom. The van der Waals surface area contributed by atoms with Crippen molar-refractivity contribution in [1.82, 2.24) is 9.78 Å². The third-order valence-corrected chi connectivity index (χ3v) is 2.97. The molecule has 1 aromatic carbocycles. The van der Waals surface area contributed by atoms with Crippen LogP contribution in [0.15, 0.2) is 29.1 Å². The highest BCUT2D eigenvalue weighted by Gasteiger charge is 2.13. The van der Waals surface area contributed by atoms with Gasteiger partial charge in [-0.1, -0.05) is 13.3 Å². The first-order chi connectivity index (χ1) is 9.58. The molecule has 0 amide bonds. The summed E-state index contributed by atoms with van der Waals surface area (Å²) in [6.07, 6.45) is 2.55. The number of nitrogens with zero attached hydrogens (tertiary/aromatic N) is 2. The van der Waals surface area contributed by atoms with E-state index < -0.39 is 4.92 Å². The van der Waals surface area contributed by atoms with Gasteiger partial charge in [0.2, 0.25) is 0 Å². The Bertz CT molecular complexity index is 697. The molecule has 0 atom stereocenters. The molecular formula is C13H14N4O3. The van der Waals surface area contributed by atoms with Gasteiger partial charge in [0.15, 0.2) is 0 Å². The summed E-state index contributed by atoms with van der Waals surface area (Å²) in [5, 5.41) is 20.9. The van der Waals surface area contributed by atoms with E-state index in [2.05, 4.69) is 5.10 Å². The number of non-ortho nitro benzene ring substituents is 1. The summed E-state index contributed by atoms with van der Waals surface area (Å²) in [5.41, 5.74) is 1.17. The number of nitro benzene ring substituents is 1. The van der Waals surface area contributed by atoms with Gasteiger partial charge in [0.25, 0.3) is 11.2 Å². The summed E-state index contributed by atoms with van der Waals surface area (Å²) < 4.78 is 1.30. The maximum absolute atomic E-state index is 12.2. The van der Waals surface area contributed by atoms with Crippen LogP contribution in [0.25, 0.3) is 5.69 Å². The number of hydrogen-bond donors (Lipinski definition) is 2. The van der Waals surface area contributed by atoms with Gasteiger partial charge in [-0.15, -0.1) is 0 Å². The van der Waals surface area contributed by atoms with Crippen LogP contribution in [0.2, 0.25) is 0 Å². The van der Waals surface area contributed by atoms with Crippen LogP contribution in [0.1, 0.15) is 24.6 Å². The normalized spacial score (nSPS) is 10.4. The zero-order valence-corrected chi connectivity index (χ0v) is 10.9. The summed E-state index contributed by atoms with van der Waals surface area (Å²) in [6.45, 7) is 1.98. The maximum Gasteiger partial charge on any atom is 0.280 e. The lowest BCUT2D eigenvalue weighted by Gasteiger charge is -2.01. The summed E-state index contributed by atoms with van der Waals surface area (Å²) in [5.74, 6) is 0. The molecule has 1 heterocycles. The first kappa shape index (κ1) is 13.7. The standard InChI is InChI=1S/C13H14N4O3/c1-2-3-12-11(8-14)13(18)16(15-12)9-4-6-10(7-5-9)17(19)20/h4-8,14-15H,2-3H2,1H3. The molecule has 104 valence electrons. The van der Waals surface area contributed by atoms with Gasteiger partial charge in [0.1, 0.15) is 0 Å². The van der Waals surface area contributed by atoms with Crippen molar-refractivity contribution in [1.29, 1.82) is 5.41 Å². The van der Waals surface area contributed by atoms with Crippen molar-refractivity contribution < 1.29 is 4.92 Å². The molecule has 0 saturated carbocycles. The van der Waals surface area contributed by atoms with Crippen molar-refractivity contribution in [2.75, 3.05) is 0 Å². The van der Waals surface area contributed by atoms with E-state index >= 15 is 0 Å². The second-order valence-corrected chi connectivity index (χ2v) is 4.31. The van der Waals surface area contributed by atoms with Crippen LogP contribution in [0.4, 0.5) is 5.69 Å². The molecule has 0 bridgehead atoms. The second kappa shape index (κ2) is 5.52. The number of rotatable bonds is 5. The largest absolute Gasteiger partial charge is 0.308 e. The molecule has 1 aromatic heterocycles. The van der Waals surface area contributed by atoms with Gasteiger partial charge >= 0.3 is 0 Å². The Balaban J connectivity index is 2.49. The molecule has 2 rings (SSSR count). The first-order valence-electron chi connectivity index (χ1n) is 6.17. The van der Waals surface area contributed by atoms with E-state index in [9.17, 15) is 14.9 Å². The highest BCUT2D eigenvalue weighted by molar-refractivity contribution is 5.78. The van der Waals surface area contributed by atoms with E-state index in [0.29, 0.717) is 23.4 Å². The second-order valence-electron chi connectivity index (χ2n) is 4.31. The summed E-state index contributed by atoms with van der Waals surface area (Å²) >= 11 is 0. The molecule has 0 aliphatic heterocycles. The third kappa shape index (κ3) is 2.37. The molecule has 0 fully saturated rings. The number of nitrogens with one attached hydrogen (secondary N) is 2. The van der Waals surface area contributed by atoms with Crippen LogP contribution in [0.5, 0.6) is 0 Å². The highest BCUT2D eigenvalue weighted by atomic mass is 16.6. The third-order valence-electron chi connectivity index (χ3n) is 2.97. The van der Waals surface area contributed by atoms with Crippen LogP contribution in [-0.4, -0.2) is 20.9 Å². The molecule has 7 heteroatoms. The van der Waals surface area contributed by atoms with E-state index in [1.54, 1.807) is 0 Å². The summed E-state index contributed by atoms with van der Waals surface area (Å²) in [4.78, 5) is 22.3. The van der Waals surface area contributed by atoms with Gasteiger partial charge in [0, 0.05) is 24.0 Å². The van der Waals surface area contributed by atoms with E-state index in [1.165, 1.54) is 28.9 Å². The van der Waals surface area contributed by atoms with Crippen molar-refractivity contribution in [3.8, 4) is 5.69 Å². The maximum atomic E-state index is 12.2. The summed E-state index contributed by atoms with van der Waals surface area (Å²) in [7, 11) is 0. The molecule has 0 aliphatic carbocycles. The number of aromatic amines is 1. The van der Waals surface area contributed by atoms with Crippen LogP contribution >= 0.6 is 0 Å². The Kier molecular flexibility index (Phi) is 3.79. The zero-order valence-electron chi connectivity index (χ0n) is 10.9. The minimum atomic E-state index is -0.493. The molecular weight excluding hydrogens is 260 g/mol. The predicted octanol–water partition coefficient (Wildman–Crippen LogP) is 2.02. The van der Waals surface area contributed by atoms with Gasteiger partial charge in [-0.2, -0.15) is 0 Å². The lowest BCUT2D eigenvalue weighted by molar-refractivity contribution is -0.384. The number of benzene rings is 1. The topological polar surface area (TPSA) is 105 Å². The zero-order chi connectivity index (χ0) is 14.7. The van der Waals surface area contributed by atoms with Crippen LogP contribution in [0, 0.1) is 15.5 Å². The molecule has 2 aromatic rings. The Morgan fingerprint density at radius 1 is 1.40 bits per heavy atom. The number of hydrogen-bond acceptors (Lipinski definition) is 4. The molecule has 0 unspecified atom stereocenters. The number of aryl methyl sites for hydroxylation is 1. The van der Waals surface area contributed by atoms with E-state index in [1.807, 2.05) is 6.92 Å². The monoisotopic (exact) mass is 274 g/mol. The van der Waals surface area contributed by atoms with E-state index in [4.69, 9.17) is 5.41 Å². The molecule has 2 N–H and O–H groups in total. The van der Waals surface area contributed by atoms with Crippen molar-refractivity contribution in [3.05, 3.63) is 56.0 Å². The fourth-order valence-corrected chi connectivity index (χ4v) is 1.99. The minimum absolute atomic E-state index is 0.0329. The van der Waals surface area contributed by atoms with Gasteiger partial charge in [-0.25, -0.2) is 4.68 Å². The Labute approximate surface area is 114 Å². The number of aromatic nitrogens is 2. The quantitative estimate of drug-likeness (QED) is 0.495. The molecule has 0 radical (unpaired) electrons. The van der Waals surface area contributed by atoms with Gasteiger partial charge in [-0.05, 0) is 18.6 Å². The smallest absolute Gasteiger partial charge is 0.280 e. The van der Waals surface area contributed by atoms with Crippen molar-refractivity contribution in [2.45, 2.75) is 19.8 Å². The van der Waals surface area contributed by atoms with E-state index in [0.717, 1.165) is 12.6 Å². The molecule has 7 nitrogen and oxygen atoms in total. The van der Waals surface area contributed by atoms with E-state index in [-0.39, 0.29) is 11.2 Å². The Morgan fingerprint density at radius 2 is 2.05 bits per heavy atom. The highest BCUT2D eigenvalue weighted by Crippen LogP contribution is 2.14.